The number of amides is 2. The first-order valence-electron chi connectivity index (χ1n) is 5.20. The Morgan fingerprint density at radius 2 is 2.12 bits per heavy atom. The van der Waals surface area contributed by atoms with E-state index in [0.29, 0.717) is 18.4 Å². The van der Waals surface area contributed by atoms with Crippen molar-refractivity contribution in [2.45, 2.75) is 23.0 Å². The third-order valence-corrected chi connectivity index (χ3v) is 3.81. The predicted octanol–water partition coefficient (Wildman–Crippen LogP) is 1.46. The van der Waals surface area contributed by atoms with Crippen molar-refractivity contribution < 1.29 is 9.59 Å². The third-order valence-electron chi connectivity index (χ3n) is 2.47. The van der Waals surface area contributed by atoms with Gasteiger partial charge in [0.25, 0.3) is 0 Å². The molecule has 0 aromatic heterocycles. The van der Waals surface area contributed by atoms with Gasteiger partial charge in [0.05, 0.1) is 10.8 Å². The number of piperidine rings is 1. The molecular weight excluding hydrogens is 236 g/mol. The second kappa shape index (κ2) is 5.02. The number of imide groups is 1. The minimum absolute atomic E-state index is 0.222. The van der Waals surface area contributed by atoms with Crippen LogP contribution >= 0.6 is 11.8 Å². The van der Waals surface area contributed by atoms with Gasteiger partial charge in [0.15, 0.2) is 0 Å². The largest absolute Gasteiger partial charge is 0.295 e. The molecule has 1 aromatic carbocycles. The van der Waals surface area contributed by atoms with Gasteiger partial charge < -0.3 is 0 Å². The number of nitrogens with one attached hydrogen (secondary N) is 1. The lowest BCUT2D eigenvalue weighted by Crippen LogP contribution is -2.42. The van der Waals surface area contributed by atoms with Crippen molar-refractivity contribution >= 4 is 23.6 Å². The Balaban J connectivity index is 2.13. The van der Waals surface area contributed by atoms with E-state index in [9.17, 15) is 9.59 Å². The summed E-state index contributed by atoms with van der Waals surface area (Å²) in [6, 6.07) is 9.23. The molecule has 1 aromatic rings. The molecule has 1 aliphatic rings. The molecule has 1 fully saturated rings. The Labute approximate surface area is 103 Å². The fraction of sp³-hybridized carbons (Fsp3) is 0.250. The zero-order chi connectivity index (χ0) is 12.3. The van der Waals surface area contributed by atoms with E-state index in [-0.39, 0.29) is 17.1 Å². The maximum Gasteiger partial charge on any atom is 0.240 e. The highest BCUT2D eigenvalue weighted by Gasteiger charge is 2.27. The van der Waals surface area contributed by atoms with E-state index in [2.05, 4.69) is 11.4 Å². The van der Waals surface area contributed by atoms with Crippen LogP contribution in [0, 0.1) is 11.3 Å². The van der Waals surface area contributed by atoms with Gasteiger partial charge in [-0.2, -0.15) is 5.26 Å². The van der Waals surface area contributed by atoms with Crippen LogP contribution in [-0.4, -0.2) is 17.1 Å². The molecule has 1 unspecified atom stereocenters. The second-order valence-electron chi connectivity index (χ2n) is 3.67. The Bertz CT molecular complexity index is 507. The van der Waals surface area contributed by atoms with E-state index < -0.39 is 0 Å². The third kappa shape index (κ3) is 2.66. The number of hydrogen-bond acceptors (Lipinski definition) is 4. The fourth-order valence-corrected chi connectivity index (χ4v) is 2.71. The van der Waals surface area contributed by atoms with Crippen molar-refractivity contribution in [3.8, 4) is 6.07 Å². The molecule has 0 spiro atoms. The first-order chi connectivity index (χ1) is 8.20. The lowest BCUT2D eigenvalue weighted by Gasteiger charge is -2.20. The van der Waals surface area contributed by atoms with Crippen LogP contribution in [0.3, 0.4) is 0 Å². The van der Waals surface area contributed by atoms with Crippen molar-refractivity contribution in [1.29, 1.82) is 5.26 Å². The Morgan fingerprint density at radius 3 is 2.82 bits per heavy atom. The molecule has 1 N–H and O–H groups in total. The molecule has 17 heavy (non-hydrogen) atoms. The minimum atomic E-state index is -0.290. The van der Waals surface area contributed by atoms with Gasteiger partial charge in [0.1, 0.15) is 6.07 Å². The standard InChI is InChI=1S/C12H10N2O2S/c13-7-8-3-1-2-4-9(8)17-10-5-6-11(15)14-12(10)16/h1-4,10H,5-6H2,(H,14,15,16). The Hall–Kier alpha value is -1.80. The highest BCUT2D eigenvalue weighted by atomic mass is 32.2. The summed E-state index contributed by atoms with van der Waals surface area (Å²) < 4.78 is 0. The second-order valence-corrected chi connectivity index (χ2v) is 4.91. The molecule has 86 valence electrons. The summed E-state index contributed by atoms with van der Waals surface area (Å²) in [5.41, 5.74) is 0.558. The zero-order valence-corrected chi connectivity index (χ0v) is 9.79. The van der Waals surface area contributed by atoms with Crippen molar-refractivity contribution in [2.24, 2.45) is 0 Å². The number of nitrogens with zero attached hydrogens (tertiary/aromatic N) is 1. The summed E-state index contributed by atoms with van der Waals surface area (Å²) in [7, 11) is 0. The molecule has 0 saturated carbocycles. The average Bonchev–Trinajstić information content (AvgIpc) is 2.33. The smallest absolute Gasteiger partial charge is 0.240 e. The van der Waals surface area contributed by atoms with E-state index in [0.717, 1.165) is 4.90 Å². The Kier molecular flexibility index (Phi) is 3.45. The number of carbonyl (C=O) groups excluding carboxylic acids is 2. The summed E-state index contributed by atoms with van der Waals surface area (Å²) in [5, 5.41) is 11.0. The molecule has 1 saturated heterocycles. The molecular formula is C12H10N2O2S. The summed E-state index contributed by atoms with van der Waals surface area (Å²) >= 11 is 1.34. The van der Waals surface area contributed by atoms with Crippen molar-refractivity contribution in [3.05, 3.63) is 29.8 Å². The van der Waals surface area contributed by atoms with E-state index in [4.69, 9.17) is 5.26 Å². The SMILES string of the molecule is N#Cc1ccccc1SC1CCC(=O)NC1=O. The number of rotatable bonds is 2. The molecule has 1 aliphatic heterocycles. The van der Waals surface area contributed by atoms with E-state index in [1.54, 1.807) is 12.1 Å². The Morgan fingerprint density at radius 1 is 1.35 bits per heavy atom. The van der Waals surface area contributed by atoms with Gasteiger partial charge in [-0.25, -0.2) is 0 Å². The molecule has 2 rings (SSSR count). The van der Waals surface area contributed by atoms with Crippen molar-refractivity contribution in [3.63, 3.8) is 0 Å². The monoisotopic (exact) mass is 246 g/mol. The number of hydrogen-bond donors (Lipinski definition) is 1. The number of carbonyl (C=O) groups is 2. The number of benzene rings is 1. The summed E-state index contributed by atoms with van der Waals surface area (Å²) in [4.78, 5) is 23.4. The number of nitriles is 1. The summed E-state index contributed by atoms with van der Waals surface area (Å²) in [5.74, 6) is -0.487. The van der Waals surface area contributed by atoms with Crippen LogP contribution in [0.15, 0.2) is 29.2 Å². The highest BCUT2D eigenvalue weighted by Crippen LogP contribution is 2.30. The first-order valence-corrected chi connectivity index (χ1v) is 6.08. The minimum Gasteiger partial charge on any atom is -0.295 e. The molecule has 1 atom stereocenters. The van der Waals surface area contributed by atoms with Gasteiger partial charge >= 0.3 is 0 Å². The van der Waals surface area contributed by atoms with Crippen LogP contribution in [-0.2, 0) is 9.59 Å². The van der Waals surface area contributed by atoms with Gasteiger partial charge in [-0.15, -0.1) is 11.8 Å². The molecule has 0 bridgehead atoms. The summed E-state index contributed by atoms with van der Waals surface area (Å²) in [6.07, 6.45) is 0.882. The van der Waals surface area contributed by atoms with E-state index >= 15 is 0 Å². The molecule has 1 heterocycles. The van der Waals surface area contributed by atoms with Gasteiger partial charge in [-0.3, -0.25) is 14.9 Å². The van der Waals surface area contributed by atoms with E-state index in [1.807, 2.05) is 12.1 Å². The van der Waals surface area contributed by atoms with Crippen LogP contribution in [0.2, 0.25) is 0 Å². The van der Waals surface area contributed by atoms with Crippen LogP contribution in [0.4, 0.5) is 0 Å². The number of thioether (sulfide) groups is 1. The van der Waals surface area contributed by atoms with Gasteiger partial charge in [0.2, 0.25) is 11.8 Å². The quantitative estimate of drug-likeness (QED) is 0.802. The molecule has 4 nitrogen and oxygen atoms in total. The fourth-order valence-electron chi connectivity index (χ4n) is 1.60. The molecule has 0 radical (unpaired) electrons. The lowest BCUT2D eigenvalue weighted by atomic mass is 10.1. The molecule has 2 amide bonds. The van der Waals surface area contributed by atoms with Crippen molar-refractivity contribution in [1.82, 2.24) is 5.32 Å². The van der Waals surface area contributed by atoms with Crippen LogP contribution in [0.5, 0.6) is 0 Å². The maximum absolute atomic E-state index is 11.6. The van der Waals surface area contributed by atoms with Gasteiger partial charge in [-0.05, 0) is 18.6 Å². The molecule has 0 aliphatic carbocycles. The van der Waals surface area contributed by atoms with E-state index in [1.165, 1.54) is 11.8 Å². The topological polar surface area (TPSA) is 70.0 Å². The van der Waals surface area contributed by atoms with Crippen LogP contribution in [0.1, 0.15) is 18.4 Å². The van der Waals surface area contributed by atoms with Gasteiger partial charge in [-0.1, -0.05) is 12.1 Å². The van der Waals surface area contributed by atoms with Gasteiger partial charge in [0, 0.05) is 11.3 Å². The maximum atomic E-state index is 11.6. The van der Waals surface area contributed by atoms with Crippen molar-refractivity contribution in [2.75, 3.05) is 0 Å². The highest BCUT2D eigenvalue weighted by molar-refractivity contribution is 8.00. The predicted molar refractivity (Wildman–Crippen MR) is 63.2 cm³/mol. The van der Waals surface area contributed by atoms with Crippen LogP contribution in [0.25, 0.3) is 0 Å². The lowest BCUT2D eigenvalue weighted by molar-refractivity contribution is -0.132. The average molecular weight is 246 g/mol. The normalized spacial score (nSPS) is 19.6. The first kappa shape index (κ1) is 11.7. The summed E-state index contributed by atoms with van der Waals surface area (Å²) in [6.45, 7) is 0. The van der Waals surface area contributed by atoms with Crippen LogP contribution < -0.4 is 5.32 Å². The zero-order valence-electron chi connectivity index (χ0n) is 8.97. The molecule has 5 heteroatoms.